The van der Waals surface area contributed by atoms with Gasteiger partial charge in [0.15, 0.2) is 0 Å². The third-order valence-electron chi connectivity index (χ3n) is 1.000. The van der Waals surface area contributed by atoms with Crippen molar-refractivity contribution in [2.24, 2.45) is 0 Å². The van der Waals surface area contributed by atoms with Gasteiger partial charge in [-0.25, -0.2) is 4.98 Å². The van der Waals surface area contributed by atoms with Crippen LogP contribution in [-0.2, 0) is 0 Å². The molecule has 4 nitrogen and oxygen atoms in total. The maximum absolute atomic E-state index is 4.83. The first-order chi connectivity index (χ1) is 4.86. The number of methoxy groups -OCH3 is 2. The van der Waals surface area contributed by atoms with Gasteiger partial charge in [0.25, 0.3) is 0 Å². The summed E-state index contributed by atoms with van der Waals surface area (Å²) in [6, 6.07) is 1.97. The van der Waals surface area contributed by atoms with Gasteiger partial charge in [-0.2, -0.15) is 4.98 Å². The first-order valence-corrected chi connectivity index (χ1v) is 2.78. The van der Waals surface area contributed by atoms with E-state index in [0.29, 0.717) is 11.9 Å². The van der Waals surface area contributed by atoms with Crippen LogP contribution in [0.5, 0.6) is 11.9 Å². The molecule has 0 aliphatic heterocycles. The number of hydrogen-bond acceptors (Lipinski definition) is 4. The number of aromatic nitrogens is 2. The first kappa shape index (κ1) is 10.7. The van der Waals surface area contributed by atoms with E-state index in [4.69, 9.17) is 9.47 Å². The average molecular weight is 164 g/mol. The van der Waals surface area contributed by atoms with E-state index in [1.165, 1.54) is 7.11 Å². The molecule has 0 aliphatic carbocycles. The minimum absolute atomic E-state index is 0. The van der Waals surface area contributed by atoms with Gasteiger partial charge in [-0.15, -0.1) is 0 Å². The molecule has 0 aliphatic rings. The predicted molar refractivity (Wildman–Crippen MR) is 42.3 cm³/mol. The summed E-state index contributed by atoms with van der Waals surface area (Å²) in [6.07, 6.45) is 1.57. The fourth-order valence-electron chi connectivity index (χ4n) is 0.537. The van der Waals surface area contributed by atoms with Gasteiger partial charge in [-0.1, -0.05) is 0 Å². The van der Waals surface area contributed by atoms with Crippen molar-refractivity contribution in [2.45, 2.75) is 0 Å². The molecule has 0 spiro atoms. The fraction of sp³-hybridized carbons (Fsp3) is 0.333. The SMILES string of the molecule is COc1ccnc(OC)n1.[NaH]. The van der Waals surface area contributed by atoms with Crippen LogP contribution in [0.4, 0.5) is 0 Å². The van der Waals surface area contributed by atoms with Crippen LogP contribution >= 0.6 is 0 Å². The van der Waals surface area contributed by atoms with E-state index in [1.54, 1.807) is 19.4 Å². The second kappa shape index (κ2) is 5.35. The molecule has 0 fully saturated rings. The van der Waals surface area contributed by atoms with Gasteiger partial charge in [0.05, 0.1) is 14.2 Å². The van der Waals surface area contributed by atoms with E-state index in [9.17, 15) is 0 Å². The summed E-state index contributed by atoms with van der Waals surface area (Å²) in [4.78, 5) is 7.65. The van der Waals surface area contributed by atoms with Crippen LogP contribution in [0.3, 0.4) is 0 Å². The molecule has 1 heterocycles. The number of rotatable bonds is 2. The molecular formula is C6H9N2NaO2. The standard InChI is InChI=1S/C6H8N2O2.Na.H/c1-9-5-3-4-7-6(8-5)10-2;;/h3-4H,1-2H3;;. The molecule has 0 N–H and O–H groups in total. The van der Waals surface area contributed by atoms with Crippen LogP contribution < -0.4 is 9.47 Å². The zero-order chi connectivity index (χ0) is 7.40. The molecule has 0 saturated heterocycles. The topological polar surface area (TPSA) is 44.2 Å². The van der Waals surface area contributed by atoms with E-state index < -0.39 is 0 Å². The quantitative estimate of drug-likeness (QED) is 0.570. The van der Waals surface area contributed by atoms with Crippen molar-refractivity contribution in [3.63, 3.8) is 0 Å². The molecule has 0 aromatic carbocycles. The Hall–Kier alpha value is -0.320. The Bertz CT molecular complexity index is 200. The van der Waals surface area contributed by atoms with Gasteiger partial charge in [0.2, 0.25) is 5.88 Å². The van der Waals surface area contributed by atoms with E-state index in [0.717, 1.165) is 0 Å². The van der Waals surface area contributed by atoms with Crippen molar-refractivity contribution in [1.29, 1.82) is 0 Å². The number of hydrogen-bond donors (Lipinski definition) is 0. The van der Waals surface area contributed by atoms with Gasteiger partial charge in [0.1, 0.15) is 0 Å². The summed E-state index contributed by atoms with van der Waals surface area (Å²) in [5.41, 5.74) is 0. The summed E-state index contributed by atoms with van der Waals surface area (Å²) in [5, 5.41) is 0. The van der Waals surface area contributed by atoms with E-state index in [-0.39, 0.29) is 29.6 Å². The third kappa shape index (κ3) is 3.05. The first-order valence-electron chi connectivity index (χ1n) is 2.78. The molecule has 0 amide bonds. The van der Waals surface area contributed by atoms with Crippen LogP contribution in [-0.4, -0.2) is 53.7 Å². The summed E-state index contributed by atoms with van der Waals surface area (Å²) in [5.74, 6) is 0.506. The van der Waals surface area contributed by atoms with Gasteiger partial charge >= 0.3 is 35.6 Å². The number of nitrogens with zero attached hydrogens (tertiary/aromatic N) is 2. The average Bonchev–Trinajstić information content (AvgIpc) is 2.05. The van der Waals surface area contributed by atoms with E-state index in [1.807, 2.05) is 0 Å². The van der Waals surface area contributed by atoms with Crippen molar-refractivity contribution in [2.75, 3.05) is 14.2 Å². The summed E-state index contributed by atoms with van der Waals surface area (Å²) in [6.45, 7) is 0. The van der Waals surface area contributed by atoms with Crippen LogP contribution in [0.1, 0.15) is 0 Å². The van der Waals surface area contributed by atoms with Crippen LogP contribution in [0.15, 0.2) is 12.3 Å². The summed E-state index contributed by atoms with van der Waals surface area (Å²) < 4.78 is 9.58. The Morgan fingerprint density at radius 3 is 2.55 bits per heavy atom. The monoisotopic (exact) mass is 164 g/mol. The van der Waals surface area contributed by atoms with Gasteiger partial charge in [0, 0.05) is 12.3 Å². The molecular weight excluding hydrogens is 155 g/mol. The molecule has 1 rings (SSSR count). The zero-order valence-electron chi connectivity index (χ0n) is 5.87. The molecule has 0 radical (unpaired) electrons. The molecule has 1 aromatic rings. The molecule has 0 saturated carbocycles. The minimum atomic E-state index is 0. The molecule has 0 bridgehead atoms. The van der Waals surface area contributed by atoms with Gasteiger partial charge in [-0.3, -0.25) is 0 Å². The summed E-state index contributed by atoms with van der Waals surface area (Å²) in [7, 11) is 3.05. The van der Waals surface area contributed by atoms with E-state index >= 15 is 0 Å². The number of ether oxygens (including phenoxy) is 2. The van der Waals surface area contributed by atoms with Crippen LogP contribution in [0.2, 0.25) is 0 Å². The van der Waals surface area contributed by atoms with Crippen molar-refractivity contribution in [3.8, 4) is 11.9 Å². The molecule has 56 valence electrons. The Balaban J connectivity index is 0.000001000. The third-order valence-corrected chi connectivity index (χ3v) is 1.000. The molecule has 0 atom stereocenters. The second-order valence-electron chi connectivity index (χ2n) is 1.59. The molecule has 5 heteroatoms. The van der Waals surface area contributed by atoms with Crippen LogP contribution in [0.25, 0.3) is 0 Å². The van der Waals surface area contributed by atoms with Crippen molar-refractivity contribution in [1.82, 2.24) is 9.97 Å². The molecule has 0 unspecified atom stereocenters. The van der Waals surface area contributed by atoms with Crippen molar-refractivity contribution >= 4 is 29.6 Å². The maximum atomic E-state index is 4.83. The predicted octanol–water partition coefficient (Wildman–Crippen LogP) is -0.155. The van der Waals surface area contributed by atoms with E-state index in [2.05, 4.69) is 9.97 Å². The Morgan fingerprint density at radius 2 is 2.00 bits per heavy atom. The molecule has 1 aromatic heterocycles. The van der Waals surface area contributed by atoms with Gasteiger partial charge in [-0.05, 0) is 0 Å². The van der Waals surface area contributed by atoms with Crippen LogP contribution in [0, 0.1) is 0 Å². The van der Waals surface area contributed by atoms with Gasteiger partial charge < -0.3 is 9.47 Å². The Morgan fingerprint density at radius 1 is 1.27 bits per heavy atom. The zero-order valence-corrected chi connectivity index (χ0v) is 5.87. The summed E-state index contributed by atoms with van der Waals surface area (Å²) >= 11 is 0. The fourth-order valence-corrected chi connectivity index (χ4v) is 0.537. The Kier molecular flexibility index (Phi) is 5.19. The van der Waals surface area contributed by atoms with Crippen molar-refractivity contribution in [3.05, 3.63) is 12.3 Å². The second-order valence-corrected chi connectivity index (χ2v) is 1.59. The molecule has 11 heavy (non-hydrogen) atoms. The Labute approximate surface area is 87.2 Å². The van der Waals surface area contributed by atoms with Crippen molar-refractivity contribution < 1.29 is 9.47 Å². The normalized spacial score (nSPS) is 8.18.